The van der Waals surface area contributed by atoms with Gasteiger partial charge in [0.15, 0.2) is 0 Å². The van der Waals surface area contributed by atoms with Crippen molar-refractivity contribution in [2.24, 2.45) is 5.92 Å². The molecular formula is C15H20BrNO2. The number of anilines is 1. The number of carboxylic acids is 1. The molecule has 1 saturated carbocycles. The summed E-state index contributed by atoms with van der Waals surface area (Å²) in [5, 5.41) is 9.12. The fourth-order valence-corrected chi connectivity index (χ4v) is 3.22. The van der Waals surface area contributed by atoms with Crippen molar-refractivity contribution < 1.29 is 9.90 Å². The summed E-state index contributed by atoms with van der Waals surface area (Å²) < 4.78 is 0.818. The van der Waals surface area contributed by atoms with Crippen LogP contribution in [0.3, 0.4) is 0 Å². The Morgan fingerprint density at radius 1 is 1.26 bits per heavy atom. The Bertz CT molecular complexity index is 467. The second kappa shape index (κ2) is 5.95. The van der Waals surface area contributed by atoms with E-state index >= 15 is 0 Å². The van der Waals surface area contributed by atoms with Gasteiger partial charge in [0.05, 0.1) is 5.56 Å². The zero-order valence-electron chi connectivity index (χ0n) is 11.4. The number of aromatic carboxylic acids is 1. The smallest absolute Gasteiger partial charge is 0.335 e. The third kappa shape index (κ3) is 3.50. The second-order valence-corrected chi connectivity index (χ2v) is 6.44. The van der Waals surface area contributed by atoms with Gasteiger partial charge in [-0.05, 0) is 49.8 Å². The van der Waals surface area contributed by atoms with Crippen molar-refractivity contribution in [3.05, 3.63) is 28.2 Å². The van der Waals surface area contributed by atoms with Crippen molar-refractivity contribution in [1.29, 1.82) is 0 Å². The molecule has 1 aromatic carbocycles. The first kappa shape index (κ1) is 14.4. The van der Waals surface area contributed by atoms with Crippen LogP contribution in [0.5, 0.6) is 0 Å². The maximum absolute atomic E-state index is 11.1. The van der Waals surface area contributed by atoms with E-state index < -0.39 is 5.97 Å². The summed E-state index contributed by atoms with van der Waals surface area (Å²) in [4.78, 5) is 13.3. The van der Waals surface area contributed by atoms with Crippen LogP contribution in [0.25, 0.3) is 0 Å². The van der Waals surface area contributed by atoms with E-state index in [4.69, 9.17) is 5.11 Å². The Hall–Kier alpha value is -1.03. The van der Waals surface area contributed by atoms with Gasteiger partial charge in [-0.2, -0.15) is 0 Å². The van der Waals surface area contributed by atoms with Gasteiger partial charge in [0.2, 0.25) is 0 Å². The number of halogens is 1. The molecule has 0 unspecified atom stereocenters. The minimum absolute atomic E-state index is 0.334. The maximum Gasteiger partial charge on any atom is 0.335 e. The average Bonchev–Trinajstić information content (AvgIpc) is 2.38. The molecule has 0 aliphatic heterocycles. The molecule has 1 N–H and O–H groups in total. The molecule has 3 nitrogen and oxygen atoms in total. The lowest BCUT2D eigenvalue weighted by Gasteiger charge is -2.35. The van der Waals surface area contributed by atoms with Gasteiger partial charge in [0, 0.05) is 23.2 Å². The Labute approximate surface area is 122 Å². The average molecular weight is 326 g/mol. The molecule has 0 atom stereocenters. The van der Waals surface area contributed by atoms with E-state index in [0.29, 0.717) is 11.6 Å². The number of carboxylic acid groups (broad SMARTS) is 1. The largest absolute Gasteiger partial charge is 0.478 e. The van der Waals surface area contributed by atoms with Crippen LogP contribution in [0, 0.1) is 5.92 Å². The normalized spacial score (nSPS) is 23.1. The number of benzene rings is 1. The van der Waals surface area contributed by atoms with Gasteiger partial charge < -0.3 is 10.0 Å². The van der Waals surface area contributed by atoms with Crippen molar-refractivity contribution in [2.45, 2.75) is 38.6 Å². The molecule has 0 aromatic heterocycles. The molecule has 0 spiro atoms. The number of hydrogen-bond donors (Lipinski definition) is 1. The molecule has 0 bridgehead atoms. The van der Waals surface area contributed by atoms with Crippen LogP contribution in [0.4, 0.5) is 5.69 Å². The van der Waals surface area contributed by atoms with Gasteiger partial charge in [-0.15, -0.1) is 0 Å². The van der Waals surface area contributed by atoms with Crippen LogP contribution in [-0.2, 0) is 0 Å². The number of carbonyl (C=O) groups is 1. The van der Waals surface area contributed by atoms with Crippen LogP contribution >= 0.6 is 15.9 Å². The molecule has 0 amide bonds. The predicted molar refractivity (Wildman–Crippen MR) is 80.9 cm³/mol. The topological polar surface area (TPSA) is 40.5 Å². The third-order valence-corrected chi connectivity index (χ3v) is 4.53. The monoisotopic (exact) mass is 325 g/mol. The van der Waals surface area contributed by atoms with Gasteiger partial charge in [-0.25, -0.2) is 4.79 Å². The van der Waals surface area contributed by atoms with Crippen molar-refractivity contribution >= 4 is 27.6 Å². The summed E-state index contributed by atoms with van der Waals surface area (Å²) in [5.41, 5.74) is 1.31. The summed E-state index contributed by atoms with van der Waals surface area (Å²) in [6, 6.07) is 5.91. The first-order chi connectivity index (χ1) is 8.97. The van der Waals surface area contributed by atoms with E-state index in [-0.39, 0.29) is 0 Å². The third-order valence-electron chi connectivity index (χ3n) is 4.07. The van der Waals surface area contributed by atoms with E-state index in [9.17, 15) is 4.79 Å². The lowest BCUT2D eigenvalue weighted by Crippen LogP contribution is -2.34. The van der Waals surface area contributed by atoms with Crippen LogP contribution in [0.2, 0.25) is 0 Å². The predicted octanol–water partition coefficient (Wildman–Crippen LogP) is 4.16. The highest BCUT2D eigenvalue weighted by Gasteiger charge is 2.22. The number of hydrogen-bond acceptors (Lipinski definition) is 2. The fourth-order valence-electron chi connectivity index (χ4n) is 2.74. The molecule has 1 aliphatic rings. The van der Waals surface area contributed by atoms with Gasteiger partial charge in [0.25, 0.3) is 0 Å². The molecule has 2 rings (SSSR count). The van der Waals surface area contributed by atoms with E-state index in [1.165, 1.54) is 25.7 Å². The molecule has 0 saturated heterocycles. The Balaban J connectivity index is 2.18. The van der Waals surface area contributed by atoms with Crippen molar-refractivity contribution in [3.8, 4) is 0 Å². The van der Waals surface area contributed by atoms with E-state index in [2.05, 4.69) is 34.8 Å². The van der Waals surface area contributed by atoms with Crippen molar-refractivity contribution in [3.63, 3.8) is 0 Å². The molecular weight excluding hydrogens is 306 g/mol. The van der Waals surface area contributed by atoms with Crippen molar-refractivity contribution in [1.82, 2.24) is 0 Å². The van der Waals surface area contributed by atoms with Gasteiger partial charge >= 0.3 is 5.97 Å². The van der Waals surface area contributed by atoms with Crippen molar-refractivity contribution in [2.75, 3.05) is 11.9 Å². The summed E-state index contributed by atoms with van der Waals surface area (Å²) in [5.74, 6) is -0.0602. The minimum Gasteiger partial charge on any atom is -0.478 e. The first-order valence-electron chi connectivity index (χ1n) is 6.74. The molecule has 104 valence electrons. The van der Waals surface area contributed by atoms with Crippen LogP contribution in [-0.4, -0.2) is 24.2 Å². The summed E-state index contributed by atoms with van der Waals surface area (Å²) in [6.07, 6.45) is 4.89. The van der Waals surface area contributed by atoms with Crippen LogP contribution in [0.1, 0.15) is 43.0 Å². The van der Waals surface area contributed by atoms with Gasteiger partial charge in [0.1, 0.15) is 0 Å². The van der Waals surface area contributed by atoms with E-state index in [0.717, 1.165) is 16.1 Å². The molecule has 1 aromatic rings. The first-order valence-corrected chi connectivity index (χ1v) is 7.53. The van der Waals surface area contributed by atoms with E-state index in [1.54, 1.807) is 12.1 Å². The Morgan fingerprint density at radius 3 is 2.47 bits per heavy atom. The van der Waals surface area contributed by atoms with E-state index in [1.807, 2.05) is 6.07 Å². The summed E-state index contributed by atoms with van der Waals surface area (Å²) >= 11 is 3.39. The van der Waals surface area contributed by atoms with Crippen LogP contribution < -0.4 is 4.90 Å². The zero-order chi connectivity index (χ0) is 14.0. The zero-order valence-corrected chi connectivity index (χ0v) is 13.0. The summed E-state index contributed by atoms with van der Waals surface area (Å²) in [6.45, 7) is 2.30. The SMILES string of the molecule is CC1CCC(N(C)c2cc(Br)cc(C(=O)O)c2)CC1. The van der Waals surface area contributed by atoms with Gasteiger partial charge in [-0.1, -0.05) is 22.9 Å². The number of nitrogens with zero attached hydrogens (tertiary/aromatic N) is 1. The highest BCUT2D eigenvalue weighted by Crippen LogP contribution is 2.31. The molecule has 1 aliphatic carbocycles. The molecule has 0 radical (unpaired) electrons. The lowest BCUT2D eigenvalue weighted by atomic mass is 9.86. The standard InChI is InChI=1S/C15H20BrNO2/c1-10-3-5-13(6-4-10)17(2)14-8-11(15(18)19)7-12(16)9-14/h7-10,13H,3-6H2,1-2H3,(H,18,19). The molecule has 1 fully saturated rings. The lowest BCUT2D eigenvalue weighted by molar-refractivity contribution is 0.0697. The number of rotatable bonds is 3. The highest BCUT2D eigenvalue weighted by molar-refractivity contribution is 9.10. The Morgan fingerprint density at radius 2 is 1.89 bits per heavy atom. The minimum atomic E-state index is -0.881. The second-order valence-electron chi connectivity index (χ2n) is 5.53. The molecule has 0 heterocycles. The van der Waals surface area contributed by atoms with Crippen LogP contribution in [0.15, 0.2) is 22.7 Å². The summed E-state index contributed by atoms with van der Waals surface area (Å²) in [7, 11) is 2.06. The fraction of sp³-hybridized carbons (Fsp3) is 0.533. The maximum atomic E-state index is 11.1. The Kier molecular flexibility index (Phi) is 4.50. The van der Waals surface area contributed by atoms with Gasteiger partial charge in [-0.3, -0.25) is 0 Å². The molecule has 19 heavy (non-hydrogen) atoms. The highest BCUT2D eigenvalue weighted by atomic mass is 79.9. The molecule has 4 heteroatoms. The quantitative estimate of drug-likeness (QED) is 0.907.